The normalized spacial score (nSPS) is 16.5. The zero-order valence-corrected chi connectivity index (χ0v) is 11.6. The molecule has 1 aromatic carbocycles. The van der Waals surface area contributed by atoms with Crippen LogP contribution in [0.4, 0.5) is 0 Å². The maximum atomic E-state index is 12.0. The maximum Gasteiger partial charge on any atom is 0.260 e. The van der Waals surface area contributed by atoms with Gasteiger partial charge >= 0.3 is 0 Å². The van der Waals surface area contributed by atoms with Crippen molar-refractivity contribution in [3.05, 3.63) is 29.3 Å². The summed E-state index contributed by atoms with van der Waals surface area (Å²) in [4.78, 5) is 13.8. The molecule has 19 heavy (non-hydrogen) atoms. The SMILES string of the molecule is Cc1cccc(OCC(=O)N2CCN(N)CC2)c1C. The van der Waals surface area contributed by atoms with Gasteiger partial charge in [-0.15, -0.1) is 0 Å². The first-order valence-electron chi connectivity index (χ1n) is 6.54. The van der Waals surface area contributed by atoms with Gasteiger partial charge in [-0.2, -0.15) is 0 Å². The fourth-order valence-corrected chi connectivity index (χ4v) is 2.08. The Morgan fingerprint density at radius 2 is 1.95 bits per heavy atom. The number of aryl methyl sites for hydroxylation is 1. The number of nitrogens with two attached hydrogens (primary N) is 1. The van der Waals surface area contributed by atoms with Crippen LogP contribution in [0.25, 0.3) is 0 Å². The third-order valence-corrected chi connectivity index (χ3v) is 3.57. The van der Waals surface area contributed by atoms with E-state index in [1.54, 1.807) is 9.91 Å². The summed E-state index contributed by atoms with van der Waals surface area (Å²) < 4.78 is 5.62. The second-order valence-electron chi connectivity index (χ2n) is 4.90. The fourth-order valence-electron chi connectivity index (χ4n) is 2.08. The van der Waals surface area contributed by atoms with Crippen LogP contribution >= 0.6 is 0 Å². The van der Waals surface area contributed by atoms with E-state index in [-0.39, 0.29) is 12.5 Å². The minimum atomic E-state index is 0.0222. The van der Waals surface area contributed by atoms with Crippen LogP contribution in [0.5, 0.6) is 5.75 Å². The maximum absolute atomic E-state index is 12.0. The summed E-state index contributed by atoms with van der Waals surface area (Å²) in [5.41, 5.74) is 2.25. The van der Waals surface area contributed by atoms with E-state index in [0.717, 1.165) is 24.4 Å². The molecule has 2 N–H and O–H groups in total. The van der Waals surface area contributed by atoms with Gasteiger partial charge in [0.25, 0.3) is 5.91 Å². The second-order valence-corrected chi connectivity index (χ2v) is 4.90. The first-order chi connectivity index (χ1) is 9.08. The molecule has 5 nitrogen and oxygen atoms in total. The molecular formula is C14H21N3O2. The zero-order chi connectivity index (χ0) is 13.8. The summed E-state index contributed by atoms with van der Waals surface area (Å²) in [5, 5.41) is 1.73. The average molecular weight is 263 g/mol. The molecule has 104 valence electrons. The Balaban J connectivity index is 1.88. The zero-order valence-electron chi connectivity index (χ0n) is 11.6. The van der Waals surface area contributed by atoms with Gasteiger partial charge in [0.05, 0.1) is 0 Å². The van der Waals surface area contributed by atoms with Crippen LogP contribution in [0.2, 0.25) is 0 Å². The monoisotopic (exact) mass is 263 g/mol. The highest BCUT2D eigenvalue weighted by Gasteiger charge is 2.19. The summed E-state index contributed by atoms with van der Waals surface area (Å²) in [7, 11) is 0. The van der Waals surface area contributed by atoms with E-state index >= 15 is 0 Å². The number of nitrogens with zero attached hydrogens (tertiary/aromatic N) is 2. The first kappa shape index (κ1) is 13.8. The molecule has 0 saturated carbocycles. The Hall–Kier alpha value is -1.59. The van der Waals surface area contributed by atoms with Crippen LogP contribution in [0.1, 0.15) is 11.1 Å². The minimum absolute atomic E-state index is 0.0222. The van der Waals surface area contributed by atoms with E-state index in [2.05, 4.69) is 0 Å². The second kappa shape index (κ2) is 6.04. The number of hydrogen-bond acceptors (Lipinski definition) is 4. The Morgan fingerprint density at radius 1 is 1.26 bits per heavy atom. The van der Waals surface area contributed by atoms with Crippen molar-refractivity contribution in [3.8, 4) is 5.75 Å². The third-order valence-electron chi connectivity index (χ3n) is 3.57. The number of piperazine rings is 1. The largest absolute Gasteiger partial charge is 0.483 e. The van der Waals surface area contributed by atoms with Crippen molar-refractivity contribution < 1.29 is 9.53 Å². The van der Waals surface area contributed by atoms with E-state index in [1.165, 1.54) is 5.56 Å². The molecule has 1 aromatic rings. The van der Waals surface area contributed by atoms with Crippen molar-refractivity contribution in [1.29, 1.82) is 0 Å². The van der Waals surface area contributed by atoms with Gasteiger partial charge in [0.2, 0.25) is 0 Å². The van der Waals surface area contributed by atoms with Crippen molar-refractivity contribution >= 4 is 5.91 Å². The highest BCUT2D eigenvalue weighted by atomic mass is 16.5. The van der Waals surface area contributed by atoms with Crippen molar-refractivity contribution in [2.24, 2.45) is 5.84 Å². The molecule has 1 fully saturated rings. The van der Waals surface area contributed by atoms with Crippen molar-refractivity contribution in [2.75, 3.05) is 32.8 Å². The van der Waals surface area contributed by atoms with Gasteiger partial charge in [0.15, 0.2) is 6.61 Å². The molecule has 1 heterocycles. The van der Waals surface area contributed by atoms with Crippen molar-refractivity contribution in [1.82, 2.24) is 9.91 Å². The van der Waals surface area contributed by atoms with Crippen LogP contribution < -0.4 is 10.6 Å². The molecule has 1 aliphatic heterocycles. The van der Waals surface area contributed by atoms with Gasteiger partial charge < -0.3 is 9.64 Å². The molecule has 1 saturated heterocycles. The summed E-state index contributed by atoms with van der Waals surface area (Å²) in [6.45, 7) is 6.91. The molecule has 0 spiro atoms. The lowest BCUT2D eigenvalue weighted by Crippen LogP contribution is -2.52. The lowest BCUT2D eigenvalue weighted by Gasteiger charge is -2.31. The molecule has 0 aromatic heterocycles. The number of carbonyl (C=O) groups is 1. The van der Waals surface area contributed by atoms with Gasteiger partial charge in [-0.3, -0.25) is 10.6 Å². The molecule has 2 rings (SSSR count). The van der Waals surface area contributed by atoms with Gasteiger partial charge in [-0.05, 0) is 31.0 Å². The van der Waals surface area contributed by atoms with E-state index in [1.807, 2.05) is 32.0 Å². The van der Waals surface area contributed by atoms with Crippen LogP contribution in [0.3, 0.4) is 0 Å². The van der Waals surface area contributed by atoms with Crippen LogP contribution in [0, 0.1) is 13.8 Å². The molecule has 0 aliphatic carbocycles. The van der Waals surface area contributed by atoms with Crippen LogP contribution in [-0.2, 0) is 4.79 Å². The number of ether oxygens (including phenoxy) is 1. The summed E-state index contributed by atoms with van der Waals surface area (Å²) in [5.74, 6) is 6.47. The summed E-state index contributed by atoms with van der Waals surface area (Å²) in [6, 6.07) is 5.87. The van der Waals surface area contributed by atoms with Crippen molar-refractivity contribution in [2.45, 2.75) is 13.8 Å². The average Bonchev–Trinajstić information content (AvgIpc) is 2.41. The summed E-state index contributed by atoms with van der Waals surface area (Å²) >= 11 is 0. The van der Waals surface area contributed by atoms with E-state index in [4.69, 9.17) is 10.6 Å². The Morgan fingerprint density at radius 3 is 2.63 bits per heavy atom. The fraction of sp³-hybridized carbons (Fsp3) is 0.500. The standard InChI is InChI=1S/C14H21N3O2/c1-11-4-3-5-13(12(11)2)19-10-14(18)16-6-8-17(15)9-7-16/h3-5H,6-10,15H2,1-2H3. The van der Waals surface area contributed by atoms with Crippen LogP contribution in [-0.4, -0.2) is 48.6 Å². The molecule has 5 heteroatoms. The number of hydrazine groups is 1. The van der Waals surface area contributed by atoms with Gasteiger partial charge in [-0.1, -0.05) is 12.1 Å². The quantitative estimate of drug-likeness (QED) is 0.816. The van der Waals surface area contributed by atoms with Crippen molar-refractivity contribution in [3.63, 3.8) is 0 Å². The molecule has 0 unspecified atom stereocenters. The predicted octanol–water partition coefficient (Wildman–Crippen LogP) is 0.700. The van der Waals surface area contributed by atoms with E-state index < -0.39 is 0 Å². The highest BCUT2D eigenvalue weighted by Crippen LogP contribution is 2.20. The molecule has 0 bridgehead atoms. The minimum Gasteiger partial charge on any atom is -0.483 e. The smallest absolute Gasteiger partial charge is 0.260 e. The highest BCUT2D eigenvalue weighted by molar-refractivity contribution is 5.78. The summed E-state index contributed by atoms with van der Waals surface area (Å²) in [6.07, 6.45) is 0. The van der Waals surface area contributed by atoms with Gasteiger partial charge in [0, 0.05) is 26.2 Å². The molecule has 1 amide bonds. The van der Waals surface area contributed by atoms with E-state index in [9.17, 15) is 4.79 Å². The Labute approximate surface area is 113 Å². The molecule has 1 aliphatic rings. The molecule has 0 atom stereocenters. The van der Waals surface area contributed by atoms with E-state index in [0.29, 0.717) is 13.1 Å². The molecular weight excluding hydrogens is 242 g/mol. The number of carbonyl (C=O) groups excluding carboxylic acids is 1. The first-order valence-corrected chi connectivity index (χ1v) is 6.54. The third kappa shape index (κ3) is 3.45. The number of benzene rings is 1. The Bertz CT molecular complexity index is 454. The lowest BCUT2D eigenvalue weighted by molar-refractivity contribution is -0.135. The van der Waals surface area contributed by atoms with Gasteiger partial charge in [-0.25, -0.2) is 5.01 Å². The lowest BCUT2D eigenvalue weighted by atomic mass is 10.1. The van der Waals surface area contributed by atoms with Gasteiger partial charge in [0.1, 0.15) is 5.75 Å². The number of hydrogen-bond donors (Lipinski definition) is 1. The number of rotatable bonds is 3. The molecule has 0 radical (unpaired) electrons. The Kier molecular flexibility index (Phi) is 4.39. The topological polar surface area (TPSA) is 58.8 Å². The van der Waals surface area contributed by atoms with Crippen LogP contribution in [0.15, 0.2) is 18.2 Å². The number of amides is 1. The predicted molar refractivity (Wildman–Crippen MR) is 73.8 cm³/mol.